The van der Waals surface area contributed by atoms with Crippen LogP contribution in [-0.2, 0) is 6.61 Å². The van der Waals surface area contributed by atoms with Crippen molar-refractivity contribution in [2.45, 2.75) is 6.61 Å². The SMILES string of the molecule is Fc1cccc(OCc2cc(-c3ccccc3)on2)c1. The number of hydrogen-bond acceptors (Lipinski definition) is 3. The average molecular weight is 269 g/mol. The van der Waals surface area contributed by atoms with Gasteiger partial charge in [0.15, 0.2) is 5.76 Å². The Hall–Kier alpha value is -2.62. The summed E-state index contributed by atoms with van der Waals surface area (Å²) in [6.45, 7) is 0.236. The van der Waals surface area contributed by atoms with E-state index < -0.39 is 0 Å². The van der Waals surface area contributed by atoms with Gasteiger partial charge in [-0.25, -0.2) is 4.39 Å². The van der Waals surface area contributed by atoms with Crippen LogP contribution in [0.2, 0.25) is 0 Å². The lowest BCUT2D eigenvalue weighted by Crippen LogP contribution is -1.95. The molecule has 0 aliphatic carbocycles. The molecule has 2 aromatic carbocycles. The summed E-state index contributed by atoms with van der Waals surface area (Å²) >= 11 is 0. The van der Waals surface area contributed by atoms with Crippen molar-refractivity contribution in [3.05, 3.63) is 72.2 Å². The van der Waals surface area contributed by atoms with Gasteiger partial charge in [-0.3, -0.25) is 0 Å². The first-order valence-electron chi connectivity index (χ1n) is 6.21. The zero-order valence-corrected chi connectivity index (χ0v) is 10.6. The van der Waals surface area contributed by atoms with Crippen LogP contribution in [0.25, 0.3) is 11.3 Å². The lowest BCUT2D eigenvalue weighted by molar-refractivity contribution is 0.288. The lowest BCUT2D eigenvalue weighted by atomic mass is 10.2. The van der Waals surface area contributed by atoms with E-state index in [0.29, 0.717) is 17.2 Å². The summed E-state index contributed by atoms with van der Waals surface area (Å²) in [5.74, 6) is 0.824. The highest BCUT2D eigenvalue weighted by Crippen LogP contribution is 2.20. The first kappa shape index (κ1) is 12.4. The Morgan fingerprint density at radius 2 is 1.85 bits per heavy atom. The fraction of sp³-hybridized carbons (Fsp3) is 0.0625. The number of halogens is 1. The van der Waals surface area contributed by atoms with Gasteiger partial charge >= 0.3 is 0 Å². The molecule has 0 atom stereocenters. The van der Waals surface area contributed by atoms with Crippen molar-refractivity contribution >= 4 is 0 Å². The molecular weight excluding hydrogens is 257 g/mol. The molecule has 1 heterocycles. The summed E-state index contributed by atoms with van der Waals surface area (Å²) in [5.41, 5.74) is 1.62. The minimum absolute atomic E-state index is 0.236. The second-order valence-corrected chi connectivity index (χ2v) is 4.29. The first-order chi connectivity index (χ1) is 9.81. The van der Waals surface area contributed by atoms with Crippen LogP contribution >= 0.6 is 0 Å². The minimum atomic E-state index is -0.326. The molecule has 0 saturated heterocycles. The maximum Gasteiger partial charge on any atom is 0.167 e. The predicted octanol–water partition coefficient (Wildman–Crippen LogP) is 4.06. The van der Waals surface area contributed by atoms with Gasteiger partial charge in [0.05, 0.1) is 0 Å². The van der Waals surface area contributed by atoms with Crippen LogP contribution in [0.4, 0.5) is 4.39 Å². The van der Waals surface area contributed by atoms with Crippen LogP contribution < -0.4 is 4.74 Å². The quantitative estimate of drug-likeness (QED) is 0.716. The van der Waals surface area contributed by atoms with Crippen molar-refractivity contribution in [2.24, 2.45) is 0 Å². The van der Waals surface area contributed by atoms with E-state index in [9.17, 15) is 4.39 Å². The maximum atomic E-state index is 13.0. The van der Waals surface area contributed by atoms with E-state index >= 15 is 0 Å². The highest BCUT2D eigenvalue weighted by atomic mass is 19.1. The molecule has 3 nitrogen and oxygen atoms in total. The van der Waals surface area contributed by atoms with E-state index in [1.807, 2.05) is 36.4 Å². The van der Waals surface area contributed by atoms with Crippen LogP contribution in [0.15, 0.2) is 65.2 Å². The third kappa shape index (κ3) is 2.85. The van der Waals surface area contributed by atoms with Crippen LogP contribution in [0.5, 0.6) is 5.75 Å². The molecule has 0 aliphatic rings. The molecule has 3 aromatic rings. The van der Waals surface area contributed by atoms with Crippen molar-refractivity contribution < 1.29 is 13.7 Å². The molecular formula is C16H12FNO2. The summed E-state index contributed by atoms with van der Waals surface area (Å²) in [4.78, 5) is 0. The molecule has 0 amide bonds. The molecule has 0 N–H and O–H groups in total. The molecule has 0 fully saturated rings. The van der Waals surface area contributed by atoms with E-state index in [0.717, 1.165) is 5.56 Å². The van der Waals surface area contributed by atoms with Crippen molar-refractivity contribution in [1.29, 1.82) is 0 Å². The van der Waals surface area contributed by atoms with Gasteiger partial charge in [0.1, 0.15) is 23.9 Å². The molecule has 0 radical (unpaired) electrons. The molecule has 0 saturated carbocycles. The Morgan fingerprint density at radius 3 is 2.65 bits per heavy atom. The van der Waals surface area contributed by atoms with Gasteiger partial charge in [-0.1, -0.05) is 41.6 Å². The van der Waals surface area contributed by atoms with E-state index in [1.54, 1.807) is 12.1 Å². The van der Waals surface area contributed by atoms with Crippen molar-refractivity contribution in [3.63, 3.8) is 0 Å². The maximum absolute atomic E-state index is 13.0. The van der Waals surface area contributed by atoms with Crippen LogP contribution in [-0.4, -0.2) is 5.16 Å². The van der Waals surface area contributed by atoms with Gasteiger partial charge in [-0.05, 0) is 12.1 Å². The molecule has 0 aliphatic heterocycles. The molecule has 0 bridgehead atoms. The molecule has 1 aromatic heterocycles. The monoisotopic (exact) mass is 269 g/mol. The largest absolute Gasteiger partial charge is 0.487 e. The molecule has 20 heavy (non-hydrogen) atoms. The lowest BCUT2D eigenvalue weighted by Gasteiger charge is -2.02. The van der Waals surface area contributed by atoms with Gasteiger partial charge in [0.25, 0.3) is 0 Å². The van der Waals surface area contributed by atoms with Gasteiger partial charge in [0.2, 0.25) is 0 Å². The van der Waals surface area contributed by atoms with Gasteiger partial charge < -0.3 is 9.26 Å². The Kier molecular flexibility index (Phi) is 3.46. The van der Waals surface area contributed by atoms with E-state index in [2.05, 4.69) is 5.16 Å². The number of hydrogen-bond donors (Lipinski definition) is 0. The normalized spacial score (nSPS) is 10.4. The Labute approximate surface area is 115 Å². The van der Waals surface area contributed by atoms with Gasteiger partial charge in [0, 0.05) is 17.7 Å². The molecule has 3 rings (SSSR count). The predicted molar refractivity (Wildman–Crippen MR) is 72.7 cm³/mol. The number of aromatic nitrogens is 1. The summed E-state index contributed by atoms with van der Waals surface area (Å²) in [5, 5.41) is 3.94. The summed E-state index contributed by atoms with van der Waals surface area (Å²) in [6.07, 6.45) is 0. The molecule has 0 spiro atoms. The van der Waals surface area contributed by atoms with Crippen LogP contribution in [0, 0.1) is 5.82 Å². The van der Waals surface area contributed by atoms with Crippen molar-refractivity contribution in [3.8, 4) is 17.1 Å². The zero-order valence-electron chi connectivity index (χ0n) is 10.6. The number of benzene rings is 2. The number of ether oxygens (including phenoxy) is 1. The molecule has 0 unspecified atom stereocenters. The summed E-state index contributed by atoms with van der Waals surface area (Å²) < 4.78 is 23.7. The fourth-order valence-electron chi connectivity index (χ4n) is 1.83. The van der Waals surface area contributed by atoms with Gasteiger partial charge in [-0.15, -0.1) is 0 Å². The second kappa shape index (κ2) is 5.57. The minimum Gasteiger partial charge on any atom is -0.487 e. The van der Waals surface area contributed by atoms with Crippen molar-refractivity contribution in [1.82, 2.24) is 5.16 Å². The van der Waals surface area contributed by atoms with Crippen LogP contribution in [0.3, 0.4) is 0 Å². The smallest absolute Gasteiger partial charge is 0.167 e. The number of rotatable bonds is 4. The van der Waals surface area contributed by atoms with Crippen LogP contribution in [0.1, 0.15) is 5.69 Å². The third-order valence-electron chi connectivity index (χ3n) is 2.80. The first-order valence-corrected chi connectivity index (χ1v) is 6.21. The summed E-state index contributed by atoms with van der Waals surface area (Å²) in [7, 11) is 0. The Balaban J connectivity index is 1.69. The highest BCUT2D eigenvalue weighted by Gasteiger charge is 2.07. The second-order valence-electron chi connectivity index (χ2n) is 4.29. The van der Waals surface area contributed by atoms with E-state index in [-0.39, 0.29) is 12.4 Å². The summed E-state index contributed by atoms with van der Waals surface area (Å²) in [6, 6.07) is 17.5. The highest BCUT2D eigenvalue weighted by molar-refractivity contribution is 5.56. The standard InChI is InChI=1S/C16H12FNO2/c17-13-7-4-8-15(9-13)19-11-14-10-16(20-18-14)12-5-2-1-3-6-12/h1-10H,11H2. The average Bonchev–Trinajstić information content (AvgIpc) is 2.95. The molecule has 100 valence electrons. The van der Waals surface area contributed by atoms with Gasteiger partial charge in [-0.2, -0.15) is 0 Å². The fourth-order valence-corrected chi connectivity index (χ4v) is 1.83. The Bertz CT molecular complexity index is 694. The topological polar surface area (TPSA) is 35.3 Å². The number of nitrogens with zero attached hydrogens (tertiary/aromatic N) is 1. The van der Waals surface area contributed by atoms with Crippen molar-refractivity contribution in [2.75, 3.05) is 0 Å². The van der Waals surface area contributed by atoms with E-state index in [4.69, 9.17) is 9.26 Å². The zero-order chi connectivity index (χ0) is 13.8. The van der Waals surface area contributed by atoms with E-state index in [1.165, 1.54) is 12.1 Å². The third-order valence-corrected chi connectivity index (χ3v) is 2.80. The molecule has 4 heteroatoms. The Morgan fingerprint density at radius 1 is 1.00 bits per heavy atom.